The number of carbonyl (C=O) groups is 1. The van der Waals surface area contributed by atoms with E-state index in [0.29, 0.717) is 37.6 Å². The van der Waals surface area contributed by atoms with Crippen molar-refractivity contribution >= 4 is 23.1 Å². The summed E-state index contributed by atoms with van der Waals surface area (Å²) in [6.45, 7) is 1.71. The molecule has 0 aromatic carbocycles. The molecule has 2 saturated heterocycles. The Morgan fingerprint density at radius 1 is 1.14 bits per heavy atom. The summed E-state index contributed by atoms with van der Waals surface area (Å²) >= 11 is 0. The van der Waals surface area contributed by atoms with Gasteiger partial charge in [-0.3, -0.25) is 4.79 Å². The van der Waals surface area contributed by atoms with E-state index >= 15 is 4.39 Å². The van der Waals surface area contributed by atoms with Crippen molar-refractivity contribution in [2.45, 2.75) is 31.7 Å². The van der Waals surface area contributed by atoms with E-state index in [1.807, 2.05) is 29.3 Å². The van der Waals surface area contributed by atoms with Crippen molar-refractivity contribution in [2.75, 3.05) is 49.6 Å². The van der Waals surface area contributed by atoms with Gasteiger partial charge < -0.3 is 25.3 Å². The summed E-state index contributed by atoms with van der Waals surface area (Å²) in [6, 6.07) is 5.49. The second-order valence-electron chi connectivity index (χ2n) is 9.22. The van der Waals surface area contributed by atoms with Gasteiger partial charge in [-0.05, 0) is 43.7 Å². The molecule has 0 aliphatic carbocycles. The number of likely N-dealkylation sites (tertiary alicyclic amines) is 1. The van der Waals surface area contributed by atoms with Gasteiger partial charge in [-0.1, -0.05) is 6.07 Å². The number of halogens is 1. The van der Waals surface area contributed by atoms with Crippen molar-refractivity contribution in [3.05, 3.63) is 36.4 Å². The number of hydrogen-bond acceptors (Lipinski definition) is 8. The molecule has 0 spiro atoms. The Bertz CT molecular complexity index is 1200. The molecule has 2 fully saturated rings. The first-order chi connectivity index (χ1) is 17.1. The monoisotopic (exact) mass is 483 g/mol. The molecule has 35 heavy (non-hydrogen) atoms. The molecule has 2 aliphatic rings. The highest BCUT2D eigenvalue weighted by Crippen LogP contribution is 2.32. The molecule has 1 amide bonds. The Morgan fingerprint density at radius 2 is 1.97 bits per heavy atom. The first-order valence-electron chi connectivity index (χ1n) is 12.1. The SMILES string of the molecule is O=C(CO)N1CCC[C@@H](Nc2nc(-c3cnn4ccccc34)nc(N3CCC(CO)CC3)c2F)C1. The topological polar surface area (TPSA) is 119 Å². The lowest BCUT2D eigenvalue weighted by Crippen LogP contribution is -2.46. The van der Waals surface area contributed by atoms with Crippen LogP contribution in [0, 0.1) is 11.7 Å². The van der Waals surface area contributed by atoms with Gasteiger partial charge in [0.2, 0.25) is 11.7 Å². The Morgan fingerprint density at radius 3 is 2.74 bits per heavy atom. The first-order valence-corrected chi connectivity index (χ1v) is 12.1. The third kappa shape index (κ3) is 4.78. The molecular formula is C24H30FN7O3. The molecule has 10 nitrogen and oxygen atoms in total. The molecule has 0 saturated carbocycles. The van der Waals surface area contributed by atoms with Crippen molar-refractivity contribution in [3.8, 4) is 11.4 Å². The first kappa shape index (κ1) is 23.4. The highest BCUT2D eigenvalue weighted by Gasteiger charge is 2.28. The Labute approximate surface area is 202 Å². The van der Waals surface area contributed by atoms with Gasteiger partial charge in [0.25, 0.3) is 0 Å². The number of pyridine rings is 1. The Balaban J connectivity index is 1.50. The third-order valence-electron chi connectivity index (χ3n) is 6.92. The van der Waals surface area contributed by atoms with Crippen LogP contribution in [-0.2, 0) is 4.79 Å². The smallest absolute Gasteiger partial charge is 0.248 e. The van der Waals surface area contributed by atoms with Gasteiger partial charge >= 0.3 is 0 Å². The van der Waals surface area contributed by atoms with Crippen molar-refractivity contribution in [1.29, 1.82) is 0 Å². The van der Waals surface area contributed by atoms with Crippen LogP contribution in [0.5, 0.6) is 0 Å². The predicted octanol–water partition coefficient (Wildman–Crippen LogP) is 1.53. The second kappa shape index (κ2) is 10.1. The summed E-state index contributed by atoms with van der Waals surface area (Å²) in [5.74, 6) is 0.0344. The lowest BCUT2D eigenvalue weighted by atomic mass is 9.98. The maximum atomic E-state index is 15.8. The molecule has 3 N–H and O–H groups in total. The largest absolute Gasteiger partial charge is 0.396 e. The zero-order valence-corrected chi connectivity index (χ0v) is 19.5. The van der Waals surface area contributed by atoms with Gasteiger partial charge in [0.15, 0.2) is 17.5 Å². The lowest BCUT2D eigenvalue weighted by molar-refractivity contribution is -0.135. The number of aromatic nitrogens is 4. The highest BCUT2D eigenvalue weighted by molar-refractivity contribution is 5.78. The predicted molar refractivity (Wildman–Crippen MR) is 129 cm³/mol. The zero-order valence-electron chi connectivity index (χ0n) is 19.5. The molecule has 2 aliphatic heterocycles. The number of fused-ring (bicyclic) bond motifs is 1. The number of aliphatic hydroxyl groups is 2. The van der Waals surface area contributed by atoms with Crippen LogP contribution in [0.2, 0.25) is 0 Å². The minimum atomic E-state index is -0.540. The molecule has 0 unspecified atom stereocenters. The van der Waals surface area contributed by atoms with Gasteiger partial charge in [0.05, 0.1) is 17.3 Å². The molecule has 5 heterocycles. The van der Waals surface area contributed by atoms with Crippen molar-refractivity contribution in [1.82, 2.24) is 24.5 Å². The van der Waals surface area contributed by atoms with Crippen LogP contribution in [0.25, 0.3) is 16.9 Å². The average molecular weight is 484 g/mol. The van der Waals surface area contributed by atoms with Gasteiger partial charge in [0.1, 0.15) is 6.61 Å². The highest BCUT2D eigenvalue weighted by atomic mass is 19.1. The van der Waals surface area contributed by atoms with E-state index in [1.54, 1.807) is 15.6 Å². The fourth-order valence-electron chi connectivity index (χ4n) is 4.91. The van der Waals surface area contributed by atoms with E-state index in [-0.39, 0.29) is 36.1 Å². The standard InChI is InChI=1S/C24H30FN7O3/c25-21-23(27-17-4-3-8-31(13-17)20(35)15-34)28-22(18-12-26-32-9-2-1-5-19(18)32)29-24(21)30-10-6-16(14-33)7-11-30/h1-2,5,9,12,16-17,33-34H,3-4,6-8,10-11,13-15H2,(H,27,28,29)/t17-/m1/s1. The number of carbonyl (C=O) groups excluding carboxylic acids is 1. The van der Waals surface area contributed by atoms with E-state index in [9.17, 15) is 15.0 Å². The van der Waals surface area contributed by atoms with Crippen LogP contribution < -0.4 is 10.2 Å². The molecule has 11 heteroatoms. The number of amides is 1. The number of aliphatic hydroxyl groups excluding tert-OH is 2. The van der Waals surface area contributed by atoms with E-state index in [1.165, 1.54) is 0 Å². The van der Waals surface area contributed by atoms with Crippen LogP contribution in [-0.4, -0.2) is 86.0 Å². The Hall–Kier alpha value is -3.31. The normalized spacial score (nSPS) is 19.3. The van der Waals surface area contributed by atoms with Crippen molar-refractivity contribution < 1.29 is 19.4 Å². The summed E-state index contributed by atoms with van der Waals surface area (Å²) in [5, 5.41) is 26.3. The number of nitrogens with zero attached hydrogens (tertiary/aromatic N) is 6. The number of piperidine rings is 2. The lowest BCUT2D eigenvalue weighted by Gasteiger charge is -2.34. The van der Waals surface area contributed by atoms with Gasteiger partial charge in [-0.25, -0.2) is 14.5 Å². The molecule has 5 rings (SSSR count). The van der Waals surface area contributed by atoms with Crippen LogP contribution in [0.1, 0.15) is 25.7 Å². The van der Waals surface area contributed by atoms with Gasteiger partial charge in [-0.15, -0.1) is 0 Å². The van der Waals surface area contributed by atoms with Crippen LogP contribution in [0.15, 0.2) is 30.6 Å². The van der Waals surface area contributed by atoms with E-state index in [4.69, 9.17) is 0 Å². The quantitative estimate of drug-likeness (QED) is 0.483. The third-order valence-corrected chi connectivity index (χ3v) is 6.92. The maximum absolute atomic E-state index is 15.8. The van der Waals surface area contributed by atoms with Crippen LogP contribution in [0.3, 0.4) is 0 Å². The van der Waals surface area contributed by atoms with Crippen LogP contribution >= 0.6 is 0 Å². The van der Waals surface area contributed by atoms with E-state index in [0.717, 1.165) is 31.2 Å². The zero-order chi connectivity index (χ0) is 24.4. The number of nitrogens with one attached hydrogen (secondary N) is 1. The fraction of sp³-hybridized carbons (Fsp3) is 0.500. The molecule has 186 valence electrons. The molecule has 1 atom stereocenters. The Kier molecular flexibility index (Phi) is 6.78. The minimum Gasteiger partial charge on any atom is -0.396 e. The van der Waals surface area contributed by atoms with Crippen molar-refractivity contribution in [3.63, 3.8) is 0 Å². The molecule has 3 aromatic heterocycles. The second-order valence-corrected chi connectivity index (χ2v) is 9.22. The summed E-state index contributed by atoms with van der Waals surface area (Å²) in [5.41, 5.74) is 1.51. The number of hydrogen-bond donors (Lipinski definition) is 3. The summed E-state index contributed by atoms with van der Waals surface area (Å²) in [7, 11) is 0. The van der Waals surface area contributed by atoms with Gasteiger partial charge in [0, 0.05) is 45.0 Å². The van der Waals surface area contributed by atoms with Crippen molar-refractivity contribution in [2.24, 2.45) is 5.92 Å². The average Bonchev–Trinajstić information content (AvgIpc) is 3.34. The molecule has 0 radical (unpaired) electrons. The minimum absolute atomic E-state index is 0.0906. The summed E-state index contributed by atoms with van der Waals surface area (Å²) in [4.78, 5) is 24.7. The number of rotatable bonds is 6. The fourth-order valence-corrected chi connectivity index (χ4v) is 4.91. The van der Waals surface area contributed by atoms with E-state index < -0.39 is 12.4 Å². The van der Waals surface area contributed by atoms with Gasteiger partial charge in [-0.2, -0.15) is 9.49 Å². The molecular weight excluding hydrogens is 453 g/mol. The molecule has 0 bridgehead atoms. The van der Waals surface area contributed by atoms with Crippen LogP contribution in [0.4, 0.5) is 16.0 Å². The van der Waals surface area contributed by atoms with E-state index in [2.05, 4.69) is 20.4 Å². The summed E-state index contributed by atoms with van der Waals surface area (Å²) in [6.07, 6.45) is 6.53. The molecule has 3 aromatic rings. The number of anilines is 2. The summed E-state index contributed by atoms with van der Waals surface area (Å²) < 4.78 is 17.6. The maximum Gasteiger partial charge on any atom is 0.248 e.